The average Bonchev–Trinajstić information content (AvgIpc) is 2.94. The molecule has 4 fully saturated rings. The Hall–Kier alpha value is -0.260. The predicted octanol–water partition coefficient (Wildman–Crippen LogP) is 1.51. The van der Waals surface area contributed by atoms with Gasteiger partial charge in [0.1, 0.15) is 6.04 Å². The van der Waals surface area contributed by atoms with Crippen molar-refractivity contribution in [3.63, 3.8) is 0 Å². The Bertz CT molecular complexity index is 361. The molecule has 4 aliphatic heterocycles. The zero-order valence-corrected chi connectivity index (χ0v) is 14.1. The molecule has 0 radical (unpaired) electrons. The maximum Gasteiger partial charge on any atom is 0.241 e. The van der Waals surface area contributed by atoms with Crippen molar-refractivity contribution in [2.45, 2.75) is 43.9 Å². The molecule has 0 N–H and O–H groups in total. The Kier molecular flexibility index (Phi) is 5.46. The highest BCUT2D eigenvalue weighted by Gasteiger charge is 2.37. The van der Waals surface area contributed by atoms with E-state index in [1.54, 1.807) is 0 Å². The summed E-state index contributed by atoms with van der Waals surface area (Å²) < 4.78 is 0. The van der Waals surface area contributed by atoms with Gasteiger partial charge in [0, 0.05) is 44.5 Å². The second kappa shape index (κ2) is 7.34. The number of thioether (sulfide) groups is 1. The number of piperazine rings is 1. The zero-order valence-electron chi connectivity index (χ0n) is 13.3. The van der Waals surface area contributed by atoms with Gasteiger partial charge in [-0.1, -0.05) is 13.3 Å². The molecule has 21 heavy (non-hydrogen) atoms. The Balaban J connectivity index is 1.65. The molecule has 4 heterocycles. The quantitative estimate of drug-likeness (QED) is 0.789. The second-order valence-corrected chi connectivity index (χ2v) is 8.14. The second-order valence-electron chi connectivity index (χ2n) is 6.56. The summed E-state index contributed by atoms with van der Waals surface area (Å²) in [4.78, 5) is 20.2. The number of amides is 1. The first-order valence-corrected chi connectivity index (χ1v) is 9.69. The fraction of sp³-hybridized carbons (Fsp3) is 0.938. The van der Waals surface area contributed by atoms with Gasteiger partial charge in [-0.15, -0.1) is 0 Å². The smallest absolute Gasteiger partial charge is 0.241 e. The molecule has 4 saturated heterocycles. The van der Waals surface area contributed by atoms with Crippen LogP contribution in [0.1, 0.15) is 32.6 Å². The van der Waals surface area contributed by atoms with Crippen molar-refractivity contribution < 1.29 is 4.79 Å². The van der Waals surface area contributed by atoms with Crippen molar-refractivity contribution in [2.75, 3.05) is 51.6 Å². The summed E-state index contributed by atoms with van der Waals surface area (Å²) in [6, 6.07) is 0.131. The third-order valence-electron chi connectivity index (χ3n) is 5.12. The minimum absolute atomic E-state index is 0.131. The molecule has 0 aromatic carbocycles. The number of fused-ring (bicyclic) bond motifs is 4. The number of carbonyl (C=O) groups excluding carboxylic acids is 1. The van der Waals surface area contributed by atoms with E-state index in [4.69, 9.17) is 0 Å². The summed E-state index contributed by atoms with van der Waals surface area (Å²) in [6.07, 6.45) is 4.96. The van der Waals surface area contributed by atoms with Crippen molar-refractivity contribution in [3.8, 4) is 0 Å². The van der Waals surface area contributed by atoms with Crippen LogP contribution < -0.4 is 0 Å². The van der Waals surface area contributed by atoms with Crippen LogP contribution in [-0.2, 0) is 4.79 Å². The maximum atomic E-state index is 13.0. The van der Waals surface area contributed by atoms with Gasteiger partial charge < -0.3 is 4.90 Å². The monoisotopic (exact) mass is 311 g/mol. The lowest BCUT2D eigenvalue weighted by atomic mass is 10.1. The van der Waals surface area contributed by atoms with E-state index < -0.39 is 0 Å². The van der Waals surface area contributed by atoms with Crippen molar-refractivity contribution >= 4 is 17.7 Å². The molecular formula is C16H29N3OS. The maximum absolute atomic E-state index is 13.0. The van der Waals surface area contributed by atoms with Gasteiger partial charge in [-0.05, 0) is 31.6 Å². The first kappa shape index (κ1) is 15.6. The normalized spacial score (nSPS) is 37.1. The van der Waals surface area contributed by atoms with E-state index in [0.29, 0.717) is 11.2 Å². The van der Waals surface area contributed by atoms with Crippen molar-refractivity contribution in [3.05, 3.63) is 0 Å². The summed E-state index contributed by atoms with van der Waals surface area (Å²) >= 11 is 2.03. The van der Waals surface area contributed by atoms with Crippen LogP contribution in [0.4, 0.5) is 0 Å². The van der Waals surface area contributed by atoms with Crippen LogP contribution in [0.5, 0.6) is 0 Å². The fourth-order valence-electron chi connectivity index (χ4n) is 3.97. The molecule has 0 aromatic rings. The molecule has 120 valence electrons. The molecule has 0 aliphatic carbocycles. The SMILES string of the molecule is CCS[C@@H]1CCCCN(C(=O)[C@@H]2CN3CCCN2CC3)C1. The van der Waals surface area contributed by atoms with E-state index >= 15 is 0 Å². The molecule has 4 rings (SSSR count). The van der Waals surface area contributed by atoms with Gasteiger partial charge >= 0.3 is 0 Å². The molecule has 0 aromatic heterocycles. The first-order chi connectivity index (χ1) is 10.3. The Labute approximate surface area is 133 Å². The van der Waals surface area contributed by atoms with E-state index in [-0.39, 0.29) is 6.04 Å². The number of carbonyl (C=O) groups is 1. The minimum Gasteiger partial charge on any atom is -0.340 e. The molecule has 5 heteroatoms. The van der Waals surface area contributed by atoms with Gasteiger partial charge in [0.25, 0.3) is 0 Å². The van der Waals surface area contributed by atoms with E-state index in [0.717, 1.165) is 45.0 Å². The van der Waals surface area contributed by atoms with E-state index in [9.17, 15) is 4.79 Å². The number of hydrogen-bond donors (Lipinski definition) is 0. The largest absolute Gasteiger partial charge is 0.340 e. The van der Waals surface area contributed by atoms with Crippen molar-refractivity contribution in [1.82, 2.24) is 14.7 Å². The molecule has 4 atom stereocenters. The van der Waals surface area contributed by atoms with Crippen LogP contribution in [0.15, 0.2) is 0 Å². The van der Waals surface area contributed by atoms with Crippen LogP contribution in [0.2, 0.25) is 0 Å². The van der Waals surface area contributed by atoms with Gasteiger partial charge in [-0.2, -0.15) is 11.8 Å². The highest BCUT2D eigenvalue weighted by Crippen LogP contribution is 2.24. The summed E-state index contributed by atoms with van der Waals surface area (Å²) in [5.74, 6) is 1.57. The van der Waals surface area contributed by atoms with E-state index in [1.807, 2.05) is 11.8 Å². The Morgan fingerprint density at radius 3 is 2.81 bits per heavy atom. The predicted molar refractivity (Wildman–Crippen MR) is 88.8 cm³/mol. The average molecular weight is 311 g/mol. The van der Waals surface area contributed by atoms with Crippen LogP contribution >= 0.6 is 11.8 Å². The first-order valence-electron chi connectivity index (χ1n) is 8.64. The third kappa shape index (κ3) is 3.74. The minimum atomic E-state index is 0.131. The number of rotatable bonds is 3. The van der Waals surface area contributed by atoms with Crippen LogP contribution in [-0.4, -0.2) is 83.5 Å². The van der Waals surface area contributed by atoms with Crippen molar-refractivity contribution in [2.24, 2.45) is 0 Å². The van der Waals surface area contributed by atoms with Gasteiger partial charge in [-0.3, -0.25) is 14.6 Å². The van der Waals surface area contributed by atoms with Crippen LogP contribution in [0.25, 0.3) is 0 Å². The standard InChI is InChI=1S/C16H29N3OS/c1-2-21-14-6-3-4-8-19(12-14)16(20)15-13-17-7-5-9-18(15)11-10-17/h14-15H,2-13H2,1H3/t14-,15+/m1/s1. The molecular weight excluding hydrogens is 282 g/mol. The summed E-state index contributed by atoms with van der Waals surface area (Å²) in [5.41, 5.74) is 0. The van der Waals surface area contributed by atoms with Crippen molar-refractivity contribution in [1.29, 1.82) is 0 Å². The van der Waals surface area contributed by atoms with Gasteiger partial charge in [0.05, 0.1) is 0 Å². The number of likely N-dealkylation sites (tertiary alicyclic amines) is 1. The number of nitrogens with zero attached hydrogens (tertiary/aromatic N) is 3. The highest BCUT2D eigenvalue weighted by molar-refractivity contribution is 7.99. The topological polar surface area (TPSA) is 26.8 Å². The molecule has 0 spiro atoms. The lowest BCUT2D eigenvalue weighted by molar-refractivity contribution is -0.138. The fourth-order valence-corrected chi connectivity index (χ4v) is 5.06. The molecule has 1 amide bonds. The highest BCUT2D eigenvalue weighted by atomic mass is 32.2. The molecule has 4 nitrogen and oxygen atoms in total. The third-order valence-corrected chi connectivity index (χ3v) is 6.31. The number of hydrogen-bond acceptors (Lipinski definition) is 4. The van der Waals surface area contributed by atoms with Crippen LogP contribution in [0.3, 0.4) is 0 Å². The van der Waals surface area contributed by atoms with Gasteiger partial charge in [0.15, 0.2) is 0 Å². The molecule has 0 saturated carbocycles. The van der Waals surface area contributed by atoms with Crippen LogP contribution in [0, 0.1) is 0 Å². The van der Waals surface area contributed by atoms with E-state index in [1.165, 1.54) is 32.2 Å². The zero-order chi connectivity index (χ0) is 14.7. The Morgan fingerprint density at radius 1 is 1.05 bits per heavy atom. The molecule has 2 bridgehead atoms. The Morgan fingerprint density at radius 2 is 1.95 bits per heavy atom. The molecule has 4 aliphatic rings. The van der Waals surface area contributed by atoms with Gasteiger partial charge in [-0.25, -0.2) is 0 Å². The lowest BCUT2D eigenvalue weighted by Gasteiger charge is -2.39. The lowest BCUT2D eigenvalue weighted by Crippen LogP contribution is -2.58. The van der Waals surface area contributed by atoms with E-state index in [2.05, 4.69) is 21.6 Å². The summed E-state index contributed by atoms with van der Waals surface area (Å²) in [7, 11) is 0. The summed E-state index contributed by atoms with van der Waals surface area (Å²) in [5, 5.41) is 0.653. The van der Waals surface area contributed by atoms with Gasteiger partial charge in [0.2, 0.25) is 5.91 Å². The summed E-state index contributed by atoms with van der Waals surface area (Å²) in [6.45, 7) is 9.65. The molecule has 2 unspecified atom stereocenters.